The molecule has 10 nitrogen and oxygen atoms in total. The van der Waals surface area contributed by atoms with E-state index < -0.39 is 15.9 Å². The summed E-state index contributed by atoms with van der Waals surface area (Å²) in [5.41, 5.74) is 7.12. The lowest BCUT2D eigenvalue weighted by Crippen LogP contribution is -2.43. The third-order valence-corrected chi connectivity index (χ3v) is 8.24. The fourth-order valence-corrected chi connectivity index (χ4v) is 5.48. The first-order valence-electron chi connectivity index (χ1n) is 12.0. The van der Waals surface area contributed by atoms with Gasteiger partial charge in [-0.25, -0.2) is 23.1 Å². The van der Waals surface area contributed by atoms with Crippen molar-refractivity contribution in [3.8, 4) is 11.3 Å². The number of nitrogens with zero attached hydrogens (tertiary/aromatic N) is 5. The van der Waals surface area contributed by atoms with Crippen molar-refractivity contribution >= 4 is 27.6 Å². The van der Waals surface area contributed by atoms with Gasteiger partial charge in [0.05, 0.1) is 17.5 Å². The molecule has 3 aromatic heterocycles. The van der Waals surface area contributed by atoms with Crippen molar-refractivity contribution in [2.45, 2.75) is 58.0 Å². The SMILES string of the molecule is CC(C)Cn1cc(-c2ccc(C(=O)NS(=O)(=O)c3cccnc3N)c(N3CCC(C)C3(C)C)n2)cn1. The van der Waals surface area contributed by atoms with Crippen molar-refractivity contribution in [1.29, 1.82) is 0 Å². The maximum atomic E-state index is 13.4. The highest BCUT2D eigenvalue weighted by Crippen LogP contribution is 2.39. The topological polar surface area (TPSA) is 136 Å². The summed E-state index contributed by atoms with van der Waals surface area (Å²) in [7, 11) is -4.24. The Morgan fingerprint density at radius 3 is 2.67 bits per heavy atom. The minimum absolute atomic E-state index is 0.168. The number of carbonyl (C=O) groups excluding carboxylic acids is 1. The van der Waals surface area contributed by atoms with Crippen LogP contribution in [0.2, 0.25) is 0 Å². The largest absolute Gasteiger partial charge is 0.383 e. The van der Waals surface area contributed by atoms with Gasteiger partial charge >= 0.3 is 0 Å². The number of nitrogen functional groups attached to an aromatic ring is 1. The van der Waals surface area contributed by atoms with Crippen LogP contribution in [0.5, 0.6) is 0 Å². The molecule has 0 aromatic carbocycles. The lowest BCUT2D eigenvalue weighted by Gasteiger charge is -2.36. The summed E-state index contributed by atoms with van der Waals surface area (Å²) >= 11 is 0. The van der Waals surface area contributed by atoms with Crippen molar-refractivity contribution in [3.63, 3.8) is 0 Å². The van der Waals surface area contributed by atoms with Crippen LogP contribution in [-0.2, 0) is 16.6 Å². The van der Waals surface area contributed by atoms with E-state index in [9.17, 15) is 13.2 Å². The second-order valence-corrected chi connectivity index (χ2v) is 11.9. The second kappa shape index (κ2) is 9.53. The molecule has 11 heteroatoms. The lowest BCUT2D eigenvalue weighted by atomic mass is 9.90. The number of pyridine rings is 2. The molecule has 0 radical (unpaired) electrons. The number of nitrogens with one attached hydrogen (secondary N) is 1. The summed E-state index contributed by atoms with van der Waals surface area (Å²) in [6, 6.07) is 6.09. The van der Waals surface area contributed by atoms with Crippen LogP contribution in [0, 0.1) is 11.8 Å². The molecule has 1 amide bonds. The maximum absolute atomic E-state index is 13.4. The Hall–Kier alpha value is -3.47. The Kier molecular flexibility index (Phi) is 6.78. The van der Waals surface area contributed by atoms with E-state index in [-0.39, 0.29) is 21.8 Å². The summed E-state index contributed by atoms with van der Waals surface area (Å²) in [4.78, 5) is 23.9. The van der Waals surface area contributed by atoms with Crippen LogP contribution in [-0.4, -0.2) is 46.2 Å². The minimum atomic E-state index is -4.24. The van der Waals surface area contributed by atoms with Crippen molar-refractivity contribution in [2.24, 2.45) is 11.8 Å². The fourth-order valence-electron chi connectivity index (χ4n) is 4.43. The number of aromatic nitrogens is 4. The fraction of sp³-hybridized carbons (Fsp3) is 0.440. The van der Waals surface area contributed by atoms with Crippen LogP contribution in [0.1, 0.15) is 51.4 Å². The van der Waals surface area contributed by atoms with Gasteiger partial charge in [-0.1, -0.05) is 20.8 Å². The van der Waals surface area contributed by atoms with E-state index in [0.29, 0.717) is 29.9 Å². The molecule has 0 bridgehead atoms. The Bertz CT molecular complexity index is 1380. The van der Waals surface area contributed by atoms with Crippen molar-refractivity contribution < 1.29 is 13.2 Å². The van der Waals surface area contributed by atoms with Gasteiger partial charge < -0.3 is 10.6 Å². The number of carbonyl (C=O) groups is 1. The molecule has 1 unspecified atom stereocenters. The normalized spacial score (nSPS) is 17.5. The number of hydrogen-bond acceptors (Lipinski definition) is 8. The molecule has 1 aliphatic heterocycles. The molecule has 1 aliphatic rings. The molecule has 192 valence electrons. The molecular weight excluding hydrogens is 478 g/mol. The first-order valence-corrected chi connectivity index (χ1v) is 13.5. The molecule has 36 heavy (non-hydrogen) atoms. The van der Waals surface area contributed by atoms with Gasteiger partial charge in [0, 0.05) is 36.6 Å². The zero-order valence-corrected chi connectivity index (χ0v) is 22.1. The number of sulfonamides is 1. The van der Waals surface area contributed by atoms with Gasteiger partial charge in [-0.05, 0) is 56.4 Å². The minimum Gasteiger partial charge on any atom is -0.383 e. The third kappa shape index (κ3) is 4.92. The molecule has 3 aromatic rings. The highest BCUT2D eigenvalue weighted by Gasteiger charge is 2.41. The summed E-state index contributed by atoms with van der Waals surface area (Å²) in [5, 5.41) is 4.44. The van der Waals surface area contributed by atoms with Crippen LogP contribution in [0.3, 0.4) is 0 Å². The van der Waals surface area contributed by atoms with Crippen molar-refractivity contribution in [2.75, 3.05) is 17.2 Å². The van der Waals surface area contributed by atoms with Gasteiger partial charge in [0.2, 0.25) is 0 Å². The van der Waals surface area contributed by atoms with E-state index in [1.165, 1.54) is 18.3 Å². The van der Waals surface area contributed by atoms with Gasteiger partial charge in [0.25, 0.3) is 15.9 Å². The van der Waals surface area contributed by atoms with E-state index in [4.69, 9.17) is 10.7 Å². The first-order chi connectivity index (χ1) is 16.9. The van der Waals surface area contributed by atoms with Gasteiger partial charge in [-0.3, -0.25) is 9.48 Å². The predicted molar refractivity (Wildman–Crippen MR) is 139 cm³/mol. The molecule has 1 saturated heterocycles. The zero-order valence-electron chi connectivity index (χ0n) is 21.3. The number of amides is 1. The molecule has 0 aliphatic carbocycles. The maximum Gasteiger partial charge on any atom is 0.268 e. The highest BCUT2D eigenvalue weighted by atomic mass is 32.2. The molecule has 4 heterocycles. The van der Waals surface area contributed by atoms with E-state index in [0.717, 1.165) is 18.5 Å². The van der Waals surface area contributed by atoms with E-state index in [1.54, 1.807) is 18.3 Å². The molecular formula is C25H33N7O3S. The Balaban J connectivity index is 1.75. The van der Waals surface area contributed by atoms with Gasteiger partial charge in [-0.15, -0.1) is 0 Å². The molecule has 4 rings (SSSR count). The Labute approximate surface area is 212 Å². The summed E-state index contributed by atoms with van der Waals surface area (Å²) < 4.78 is 29.9. The van der Waals surface area contributed by atoms with E-state index in [1.807, 2.05) is 10.9 Å². The van der Waals surface area contributed by atoms with Gasteiger partial charge in [0.1, 0.15) is 16.5 Å². The monoisotopic (exact) mass is 511 g/mol. The third-order valence-electron chi connectivity index (χ3n) is 6.86. The average Bonchev–Trinajstić information content (AvgIpc) is 3.36. The van der Waals surface area contributed by atoms with Crippen LogP contribution >= 0.6 is 0 Å². The molecule has 1 fully saturated rings. The summed E-state index contributed by atoms with van der Waals surface area (Å²) in [6.07, 6.45) is 5.99. The lowest BCUT2D eigenvalue weighted by molar-refractivity contribution is 0.0981. The van der Waals surface area contributed by atoms with Gasteiger partial charge in [-0.2, -0.15) is 5.10 Å². The van der Waals surface area contributed by atoms with Crippen LogP contribution in [0.25, 0.3) is 11.3 Å². The zero-order chi connectivity index (χ0) is 26.3. The summed E-state index contributed by atoms with van der Waals surface area (Å²) in [5.74, 6) is 0.268. The van der Waals surface area contributed by atoms with Crippen LogP contribution in [0.15, 0.2) is 47.8 Å². The quantitative estimate of drug-likeness (QED) is 0.493. The number of anilines is 2. The molecule has 0 spiro atoms. The number of hydrogen-bond donors (Lipinski definition) is 2. The Morgan fingerprint density at radius 2 is 2.03 bits per heavy atom. The van der Waals surface area contributed by atoms with Crippen LogP contribution < -0.4 is 15.4 Å². The molecule has 1 atom stereocenters. The van der Waals surface area contributed by atoms with E-state index in [2.05, 4.69) is 54.3 Å². The number of nitrogens with two attached hydrogens (primary N) is 1. The van der Waals surface area contributed by atoms with Gasteiger partial charge in [0.15, 0.2) is 0 Å². The average molecular weight is 512 g/mol. The second-order valence-electron chi connectivity index (χ2n) is 10.2. The molecule has 0 saturated carbocycles. The standard InChI is InChI=1S/C25H33N7O3S/c1-16(2)14-31-15-18(13-28-31)20-9-8-19(23(29-20)32-12-10-17(3)25(32,4)5)24(33)30-36(34,35)21-7-6-11-27-22(21)26/h6-9,11,13,15-17H,10,12,14H2,1-5H3,(H2,26,27)(H,30,33). The first kappa shape index (κ1) is 25.6. The summed E-state index contributed by atoms with van der Waals surface area (Å²) in [6.45, 7) is 12.1. The van der Waals surface area contributed by atoms with Crippen molar-refractivity contribution in [3.05, 3.63) is 48.4 Å². The number of rotatable bonds is 7. The molecule has 3 N–H and O–H groups in total. The van der Waals surface area contributed by atoms with Crippen LogP contribution in [0.4, 0.5) is 11.6 Å². The Morgan fingerprint density at radius 1 is 1.28 bits per heavy atom. The highest BCUT2D eigenvalue weighted by molar-refractivity contribution is 7.90. The van der Waals surface area contributed by atoms with Crippen molar-refractivity contribution in [1.82, 2.24) is 24.5 Å². The van der Waals surface area contributed by atoms with E-state index >= 15 is 0 Å². The predicted octanol–water partition coefficient (Wildman–Crippen LogP) is 3.32. The smallest absolute Gasteiger partial charge is 0.268 e.